The van der Waals surface area contributed by atoms with Gasteiger partial charge in [0.25, 0.3) is 0 Å². The Morgan fingerprint density at radius 1 is 0.333 bits per heavy atom. The molecule has 1 aliphatic rings. The van der Waals surface area contributed by atoms with Crippen LogP contribution in [0, 0.1) is 13.8 Å². The van der Waals surface area contributed by atoms with E-state index in [9.17, 15) is 0 Å². The smallest absolute Gasteiger partial charge is 0.151 e. The van der Waals surface area contributed by atoms with Crippen molar-refractivity contribution in [2.75, 3.05) is 11.9 Å². The Kier molecular flexibility index (Phi) is 11.4. The number of para-hydroxylation sites is 10. The maximum absolute atomic E-state index is 5.81. The molecule has 5 heterocycles. The SMILES string of the molecule is CN1c2ccccc2Oc2ccccc21.Cc1ccc(-n2c3ccccc3c3ccccc32)cc1.Cc1ccc(-n2c3ccccc3c3ccccc32)cn1.Cn1c2ccccc2c2ccccc21. The van der Waals surface area contributed by atoms with Crippen LogP contribution in [0.4, 0.5) is 11.4 Å². The molecule has 0 saturated carbocycles. The third-order valence-electron chi connectivity index (χ3n) is 13.1. The van der Waals surface area contributed by atoms with Crippen molar-refractivity contribution in [3.63, 3.8) is 0 Å². The molecule has 14 rings (SSSR count). The molecule has 4 aromatic heterocycles. The van der Waals surface area contributed by atoms with E-state index in [4.69, 9.17) is 4.74 Å². The molecular formula is C63H51N5O. The standard InChI is InChI=1S/C19H15N.C18H14N2.C13H11NO.C13H11N/c1-14-10-12-15(13-11-14)20-18-8-4-2-6-16(18)17-7-3-5-9-19(17)20;1-13-10-11-14(12-19-13)20-17-8-4-2-6-15(17)16-7-3-5-9-18(16)20;1-14-10-6-2-4-8-12(10)15-13-9-5-3-7-11(13)14;1-14-12-8-4-2-6-10(12)11-7-3-5-9-13(11)14/h2-13H,1H3;2-12H,1H3;2-9H,1H3;2-9H,1H3. The number of aryl methyl sites for hydroxylation is 3. The third-order valence-corrected chi connectivity index (χ3v) is 13.1. The molecule has 0 saturated heterocycles. The van der Waals surface area contributed by atoms with Gasteiger partial charge in [-0.25, -0.2) is 0 Å². The van der Waals surface area contributed by atoms with Gasteiger partial charge in [0.15, 0.2) is 11.5 Å². The molecule has 6 nitrogen and oxygen atoms in total. The van der Waals surface area contributed by atoms with Crippen molar-refractivity contribution in [2.24, 2.45) is 7.05 Å². The Bertz CT molecular complexity index is 3570. The van der Waals surface area contributed by atoms with Crippen LogP contribution in [0.15, 0.2) is 237 Å². The topological polar surface area (TPSA) is 40.1 Å². The number of nitrogens with zero attached hydrogens (tertiary/aromatic N) is 5. The predicted molar refractivity (Wildman–Crippen MR) is 290 cm³/mol. The minimum Gasteiger partial charge on any atom is -0.453 e. The number of rotatable bonds is 2. The molecule has 6 heteroatoms. The van der Waals surface area contributed by atoms with Crippen LogP contribution in [-0.4, -0.2) is 25.7 Å². The van der Waals surface area contributed by atoms with Crippen LogP contribution < -0.4 is 9.64 Å². The highest BCUT2D eigenvalue weighted by Gasteiger charge is 2.20. The maximum Gasteiger partial charge on any atom is 0.151 e. The predicted octanol–water partition coefficient (Wildman–Crippen LogP) is 16.5. The van der Waals surface area contributed by atoms with Gasteiger partial charge in [-0.05, 0) is 98.8 Å². The highest BCUT2D eigenvalue weighted by atomic mass is 16.5. The first-order valence-electron chi connectivity index (χ1n) is 23.4. The quantitative estimate of drug-likeness (QED) is 0.174. The van der Waals surface area contributed by atoms with Crippen molar-refractivity contribution in [2.45, 2.75) is 13.8 Å². The van der Waals surface area contributed by atoms with Crippen molar-refractivity contribution >= 4 is 76.8 Å². The highest BCUT2D eigenvalue weighted by molar-refractivity contribution is 6.10. The lowest BCUT2D eigenvalue weighted by atomic mass is 10.2. The number of ether oxygens (including phenoxy) is 1. The highest BCUT2D eigenvalue weighted by Crippen LogP contribution is 2.45. The molecule has 0 bridgehead atoms. The first kappa shape index (κ1) is 42.7. The van der Waals surface area contributed by atoms with E-state index in [1.54, 1.807) is 0 Å². The molecule has 0 atom stereocenters. The molecule has 334 valence electrons. The molecule has 1 aliphatic heterocycles. The number of pyridine rings is 1. The summed E-state index contributed by atoms with van der Waals surface area (Å²) in [5, 5.41) is 7.86. The van der Waals surface area contributed by atoms with Crippen molar-refractivity contribution in [3.05, 3.63) is 248 Å². The Hall–Kier alpha value is -8.87. The van der Waals surface area contributed by atoms with E-state index in [0.717, 1.165) is 34.3 Å². The van der Waals surface area contributed by atoms with Crippen molar-refractivity contribution < 1.29 is 4.74 Å². The van der Waals surface area contributed by atoms with Crippen molar-refractivity contribution in [3.8, 4) is 22.9 Å². The Morgan fingerprint density at radius 3 is 1.07 bits per heavy atom. The second kappa shape index (κ2) is 18.4. The second-order valence-corrected chi connectivity index (χ2v) is 17.4. The number of anilines is 2. The number of aromatic nitrogens is 4. The maximum atomic E-state index is 5.81. The fourth-order valence-electron chi connectivity index (χ4n) is 9.69. The van der Waals surface area contributed by atoms with Gasteiger partial charge in [-0.3, -0.25) is 4.98 Å². The summed E-state index contributed by atoms with van der Waals surface area (Å²) in [5.41, 5.74) is 14.4. The van der Waals surface area contributed by atoms with Crippen LogP contribution in [0.25, 0.3) is 76.8 Å². The van der Waals surface area contributed by atoms with E-state index in [-0.39, 0.29) is 0 Å². The molecular weight excluding hydrogens is 843 g/mol. The second-order valence-electron chi connectivity index (χ2n) is 17.4. The fraction of sp³-hybridized carbons (Fsp3) is 0.0635. The van der Waals surface area contributed by atoms with Gasteiger partial charge in [-0.1, -0.05) is 151 Å². The normalized spacial score (nSPS) is 11.6. The van der Waals surface area contributed by atoms with E-state index in [1.165, 1.54) is 76.7 Å². The van der Waals surface area contributed by atoms with E-state index >= 15 is 0 Å². The molecule has 9 aromatic carbocycles. The molecule has 0 N–H and O–H groups in total. The summed E-state index contributed by atoms with van der Waals surface area (Å²) >= 11 is 0. The average Bonchev–Trinajstić information content (AvgIpc) is 4.03. The van der Waals surface area contributed by atoms with Crippen LogP contribution in [0.1, 0.15) is 11.3 Å². The molecule has 0 radical (unpaired) electrons. The molecule has 0 spiro atoms. The van der Waals surface area contributed by atoms with E-state index < -0.39 is 0 Å². The lowest BCUT2D eigenvalue weighted by Crippen LogP contribution is -2.15. The van der Waals surface area contributed by atoms with E-state index in [2.05, 4.69) is 239 Å². The lowest BCUT2D eigenvalue weighted by molar-refractivity contribution is 0.475. The summed E-state index contributed by atoms with van der Waals surface area (Å²) in [5.74, 6) is 1.83. The minimum absolute atomic E-state index is 0.915. The van der Waals surface area contributed by atoms with Gasteiger partial charge in [-0.2, -0.15) is 0 Å². The minimum atomic E-state index is 0.915. The first-order chi connectivity index (χ1) is 33.9. The van der Waals surface area contributed by atoms with E-state index in [0.29, 0.717) is 0 Å². The molecule has 0 fully saturated rings. The number of hydrogen-bond donors (Lipinski definition) is 0. The van der Waals surface area contributed by atoms with Crippen LogP contribution in [-0.2, 0) is 7.05 Å². The Balaban J connectivity index is 0.000000102. The first-order valence-corrected chi connectivity index (χ1v) is 23.4. The molecule has 0 unspecified atom stereocenters. The monoisotopic (exact) mass is 893 g/mol. The molecule has 13 aromatic rings. The zero-order valence-corrected chi connectivity index (χ0v) is 39.2. The number of benzene rings is 9. The van der Waals surface area contributed by atoms with Gasteiger partial charge in [0.2, 0.25) is 0 Å². The summed E-state index contributed by atoms with van der Waals surface area (Å²) in [6, 6.07) is 80.2. The summed E-state index contributed by atoms with van der Waals surface area (Å²) in [4.78, 5) is 6.57. The number of fused-ring (bicyclic) bond motifs is 11. The fourth-order valence-corrected chi connectivity index (χ4v) is 9.69. The molecule has 0 aliphatic carbocycles. The molecule has 0 amide bonds. The summed E-state index contributed by atoms with van der Waals surface area (Å²) in [6.45, 7) is 4.13. The summed E-state index contributed by atoms with van der Waals surface area (Å²) in [7, 11) is 4.17. The summed E-state index contributed by atoms with van der Waals surface area (Å²) in [6.07, 6.45) is 1.94. The molecule has 69 heavy (non-hydrogen) atoms. The summed E-state index contributed by atoms with van der Waals surface area (Å²) < 4.78 is 12.7. The van der Waals surface area contributed by atoms with Crippen molar-refractivity contribution in [1.29, 1.82) is 0 Å². The number of hydrogen-bond acceptors (Lipinski definition) is 3. The lowest BCUT2D eigenvalue weighted by Gasteiger charge is -2.29. The third kappa shape index (κ3) is 8.02. The van der Waals surface area contributed by atoms with Gasteiger partial charge < -0.3 is 23.3 Å². The zero-order valence-electron chi connectivity index (χ0n) is 39.2. The van der Waals surface area contributed by atoms with Crippen LogP contribution in [0.5, 0.6) is 11.5 Å². The van der Waals surface area contributed by atoms with Crippen LogP contribution >= 0.6 is 0 Å². The van der Waals surface area contributed by atoms with Crippen LogP contribution in [0.3, 0.4) is 0 Å². The van der Waals surface area contributed by atoms with Gasteiger partial charge in [-0.15, -0.1) is 0 Å². The van der Waals surface area contributed by atoms with Crippen molar-refractivity contribution in [1.82, 2.24) is 18.7 Å². The Labute approximate surface area is 402 Å². The van der Waals surface area contributed by atoms with Gasteiger partial charge in [0.05, 0.1) is 45.3 Å². The van der Waals surface area contributed by atoms with Gasteiger partial charge in [0, 0.05) is 68.8 Å². The Morgan fingerprint density at radius 2 is 0.667 bits per heavy atom. The van der Waals surface area contributed by atoms with Crippen LogP contribution in [0.2, 0.25) is 0 Å². The van der Waals surface area contributed by atoms with Gasteiger partial charge in [0.1, 0.15) is 0 Å². The van der Waals surface area contributed by atoms with Gasteiger partial charge >= 0.3 is 0 Å². The average molecular weight is 894 g/mol. The van der Waals surface area contributed by atoms with E-state index in [1.807, 2.05) is 49.5 Å². The zero-order chi connectivity index (χ0) is 46.8. The largest absolute Gasteiger partial charge is 0.453 e.